The molecule has 0 aliphatic carbocycles. The van der Waals surface area contributed by atoms with Crippen molar-refractivity contribution >= 4 is 33.4 Å². The number of ether oxygens (including phenoxy) is 1. The van der Waals surface area contributed by atoms with Crippen molar-refractivity contribution in [3.8, 4) is 0 Å². The Labute approximate surface area is 76.7 Å². The topological polar surface area (TPSA) is 39.2 Å². The number of hydrogen-bond acceptors (Lipinski definition) is 4. The van der Waals surface area contributed by atoms with E-state index in [1.54, 1.807) is 5.38 Å². The molecule has 0 bridgehead atoms. The Bertz CT molecular complexity index is 261. The summed E-state index contributed by atoms with van der Waals surface area (Å²) in [5.41, 5.74) is 1.29. The van der Waals surface area contributed by atoms with Crippen LogP contribution >= 0.6 is 27.5 Å². The van der Waals surface area contributed by atoms with Gasteiger partial charge >= 0.3 is 5.97 Å². The third kappa shape index (κ3) is 1.78. The number of nitrogens with zero attached hydrogens (tertiary/aromatic N) is 1. The van der Waals surface area contributed by atoms with Gasteiger partial charge in [-0.3, -0.25) is 0 Å². The Morgan fingerprint density at radius 2 is 2.64 bits per heavy atom. The summed E-state index contributed by atoms with van der Waals surface area (Å²) in [6, 6.07) is 0. The molecule has 1 heterocycles. The van der Waals surface area contributed by atoms with Crippen LogP contribution in [-0.4, -0.2) is 17.5 Å². The first kappa shape index (κ1) is 8.67. The molecule has 5 heteroatoms. The first-order valence-corrected chi connectivity index (χ1v) is 4.83. The molecule has 0 aliphatic heterocycles. The van der Waals surface area contributed by atoms with Gasteiger partial charge < -0.3 is 4.74 Å². The molecule has 0 radical (unpaired) electrons. The number of carbonyl (C=O) groups is 1. The molecule has 60 valence electrons. The number of hydrogen-bond donors (Lipinski definition) is 0. The van der Waals surface area contributed by atoms with E-state index in [1.807, 2.05) is 0 Å². The van der Waals surface area contributed by atoms with Gasteiger partial charge in [-0.15, -0.1) is 0 Å². The minimum absolute atomic E-state index is 0.326. The van der Waals surface area contributed by atoms with Crippen molar-refractivity contribution in [2.75, 3.05) is 7.11 Å². The summed E-state index contributed by atoms with van der Waals surface area (Å²) < 4.78 is 8.54. The fraction of sp³-hybridized carbons (Fsp3) is 0.333. The monoisotopic (exact) mass is 235 g/mol. The first-order chi connectivity index (χ1) is 5.29. The lowest BCUT2D eigenvalue weighted by Crippen LogP contribution is -2.02. The number of halogens is 1. The van der Waals surface area contributed by atoms with Crippen molar-refractivity contribution in [2.24, 2.45) is 0 Å². The number of methoxy groups -OCH3 is 1. The van der Waals surface area contributed by atoms with E-state index in [0.717, 1.165) is 5.69 Å². The summed E-state index contributed by atoms with van der Waals surface area (Å²) in [5, 5.41) is 2.27. The van der Waals surface area contributed by atoms with E-state index in [0.29, 0.717) is 10.9 Å². The van der Waals surface area contributed by atoms with E-state index in [4.69, 9.17) is 0 Å². The zero-order valence-corrected chi connectivity index (χ0v) is 8.24. The predicted molar refractivity (Wildman–Crippen MR) is 46.1 cm³/mol. The molecule has 0 atom stereocenters. The van der Waals surface area contributed by atoms with Gasteiger partial charge in [-0.2, -0.15) is 4.37 Å². The van der Waals surface area contributed by atoms with Crippen molar-refractivity contribution in [3.63, 3.8) is 0 Å². The molecule has 0 saturated carbocycles. The van der Waals surface area contributed by atoms with E-state index in [-0.39, 0.29) is 5.97 Å². The molecule has 0 aliphatic rings. The van der Waals surface area contributed by atoms with E-state index < -0.39 is 0 Å². The molecule has 0 unspecified atom stereocenters. The molecule has 1 aromatic heterocycles. The van der Waals surface area contributed by atoms with E-state index in [1.165, 1.54) is 18.6 Å². The highest BCUT2D eigenvalue weighted by molar-refractivity contribution is 9.08. The molecule has 1 rings (SSSR count). The highest BCUT2D eigenvalue weighted by atomic mass is 79.9. The van der Waals surface area contributed by atoms with Crippen molar-refractivity contribution in [3.05, 3.63) is 16.6 Å². The van der Waals surface area contributed by atoms with Gasteiger partial charge in [-0.05, 0) is 11.5 Å². The molecule has 0 aromatic carbocycles. The Morgan fingerprint density at radius 1 is 1.91 bits per heavy atom. The molecule has 0 amide bonds. The lowest BCUT2D eigenvalue weighted by Gasteiger charge is -1.95. The van der Waals surface area contributed by atoms with Crippen LogP contribution in [0.3, 0.4) is 0 Å². The molecule has 0 fully saturated rings. The van der Waals surface area contributed by atoms with Crippen LogP contribution in [0.15, 0.2) is 5.38 Å². The SMILES string of the molecule is COC(=O)c1csnc1CBr. The van der Waals surface area contributed by atoms with E-state index in [2.05, 4.69) is 25.0 Å². The van der Waals surface area contributed by atoms with Gasteiger partial charge in [0.25, 0.3) is 0 Å². The fourth-order valence-electron chi connectivity index (χ4n) is 0.632. The van der Waals surface area contributed by atoms with Gasteiger partial charge in [0.15, 0.2) is 0 Å². The average molecular weight is 236 g/mol. The zero-order valence-electron chi connectivity index (χ0n) is 5.83. The highest BCUT2D eigenvalue weighted by Gasteiger charge is 2.12. The molecule has 11 heavy (non-hydrogen) atoms. The predicted octanol–water partition coefficient (Wildman–Crippen LogP) is 1.82. The minimum atomic E-state index is -0.326. The fourth-order valence-corrected chi connectivity index (χ4v) is 1.91. The molecular formula is C6H6BrNO2S. The minimum Gasteiger partial charge on any atom is -0.465 e. The second-order valence-corrected chi connectivity index (χ2v) is 2.99. The second-order valence-electron chi connectivity index (χ2n) is 1.80. The van der Waals surface area contributed by atoms with Crippen molar-refractivity contribution in [1.82, 2.24) is 4.37 Å². The zero-order chi connectivity index (χ0) is 8.27. The van der Waals surface area contributed by atoms with Crippen LogP contribution in [0.4, 0.5) is 0 Å². The molecule has 0 N–H and O–H groups in total. The largest absolute Gasteiger partial charge is 0.465 e. The van der Waals surface area contributed by atoms with Crippen LogP contribution in [0.5, 0.6) is 0 Å². The Hall–Kier alpha value is -0.420. The first-order valence-electron chi connectivity index (χ1n) is 2.87. The standard InChI is InChI=1S/C6H6BrNO2S/c1-10-6(9)4-3-11-8-5(4)2-7/h3H,2H2,1H3. The lowest BCUT2D eigenvalue weighted by molar-refractivity contribution is 0.0600. The quantitative estimate of drug-likeness (QED) is 0.580. The summed E-state index contributed by atoms with van der Waals surface area (Å²) in [6.45, 7) is 0. The maximum absolute atomic E-state index is 11.0. The maximum atomic E-state index is 11.0. The molecule has 3 nitrogen and oxygen atoms in total. The number of esters is 1. The number of carbonyl (C=O) groups excluding carboxylic acids is 1. The van der Waals surface area contributed by atoms with E-state index >= 15 is 0 Å². The number of alkyl halides is 1. The third-order valence-corrected chi connectivity index (χ3v) is 2.37. The van der Waals surface area contributed by atoms with Crippen LogP contribution in [0, 0.1) is 0 Å². The van der Waals surface area contributed by atoms with Crippen LogP contribution in [0.25, 0.3) is 0 Å². The highest BCUT2D eigenvalue weighted by Crippen LogP contribution is 2.14. The number of rotatable bonds is 2. The summed E-state index contributed by atoms with van der Waals surface area (Å²) >= 11 is 4.48. The molecular weight excluding hydrogens is 230 g/mol. The van der Waals surface area contributed by atoms with Gasteiger partial charge in [-0.25, -0.2) is 4.79 Å². The Balaban J connectivity index is 2.92. The summed E-state index contributed by atoms with van der Waals surface area (Å²) in [5.74, 6) is -0.326. The van der Waals surface area contributed by atoms with Crippen LogP contribution in [-0.2, 0) is 10.1 Å². The average Bonchev–Trinajstić information content (AvgIpc) is 2.50. The van der Waals surface area contributed by atoms with E-state index in [9.17, 15) is 4.79 Å². The Morgan fingerprint density at radius 3 is 3.18 bits per heavy atom. The normalized spacial score (nSPS) is 9.64. The van der Waals surface area contributed by atoms with Gasteiger partial charge in [0.2, 0.25) is 0 Å². The van der Waals surface area contributed by atoms with Crippen LogP contribution in [0.2, 0.25) is 0 Å². The summed E-state index contributed by atoms with van der Waals surface area (Å²) in [6.07, 6.45) is 0. The second kappa shape index (κ2) is 3.82. The van der Waals surface area contributed by atoms with Gasteiger partial charge in [0.05, 0.1) is 18.4 Å². The van der Waals surface area contributed by atoms with Crippen molar-refractivity contribution in [2.45, 2.75) is 5.33 Å². The molecule has 1 aromatic rings. The van der Waals surface area contributed by atoms with Gasteiger partial charge in [-0.1, -0.05) is 15.9 Å². The van der Waals surface area contributed by atoms with Crippen molar-refractivity contribution in [1.29, 1.82) is 0 Å². The van der Waals surface area contributed by atoms with Crippen molar-refractivity contribution < 1.29 is 9.53 Å². The number of aromatic nitrogens is 1. The van der Waals surface area contributed by atoms with Crippen LogP contribution < -0.4 is 0 Å². The maximum Gasteiger partial charge on any atom is 0.340 e. The molecule has 0 spiro atoms. The Kier molecular flexibility index (Phi) is 3.02. The van der Waals surface area contributed by atoms with Gasteiger partial charge in [0, 0.05) is 10.7 Å². The summed E-state index contributed by atoms with van der Waals surface area (Å²) in [7, 11) is 1.36. The lowest BCUT2D eigenvalue weighted by atomic mass is 10.3. The smallest absolute Gasteiger partial charge is 0.340 e. The van der Waals surface area contributed by atoms with Crippen LogP contribution in [0.1, 0.15) is 16.1 Å². The summed E-state index contributed by atoms with van der Waals surface area (Å²) in [4.78, 5) is 11.0. The van der Waals surface area contributed by atoms with Gasteiger partial charge in [0.1, 0.15) is 0 Å². The molecule has 0 saturated heterocycles. The third-order valence-electron chi connectivity index (χ3n) is 1.18.